The Labute approximate surface area is 58.4 Å². The molecule has 0 bridgehead atoms. The second kappa shape index (κ2) is 4.77. The number of likely N-dealkylation sites (N-methyl/N-ethyl adjacent to an activating group) is 2. The van der Waals surface area contributed by atoms with E-state index in [4.69, 9.17) is 0 Å². The monoisotopic (exact) mass is 130 g/mol. The van der Waals surface area contributed by atoms with Crippen molar-refractivity contribution in [2.24, 2.45) is 0 Å². The van der Waals surface area contributed by atoms with Gasteiger partial charge < -0.3 is 9.80 Å². The summed E-state index contributed by atoms with van der Waals surface area (Å²) in [6.07, 6.45) is 0. The molecule has 9 heavy (non-hydrogen) atoms. The molecule has 0 aliphatic carbocycles. The summed E-state index contributed by atoms with van der Waals surface area (Å²) in [4.78, 5) is 3.53. The van der Waals surface area contributed by atoms with Crippen molar-refractivity contribution in [1.82, 2.24) is 4.90 Å². The molecule has 0 heterocycles. The maximum Gasteiger partial charge on any atom is 0.0659 e. The third kappa shape index (κ3) is 5.80. The lowest BCUT2D eigenvalue weighted by Gasteiger charge is -2.20. The predicted octanol–water partition coefficient (Wildman–Crippen LogP) is -0.756. The summed E-state index contributed by atoms with van der Waals surface area (Å²) < 4.78 is 0. The van der Waals surface area contributed by atoms with Crippen LogP contribution in [0.3, 0.4) is 0 Å². The Balaban J connectivity index is 3.06. The Hall–Kier alpha value is -0.0800. The molecular weight excluding hydrogens is 112 g/mol. The molecule has 0 saturated heterocycles. The number of rotatable bonds is 4. The van der Waals surface area contributed by atoms with Gasteiger partial charge in [0.15, 0.2) is 0 Å². The fourth-order valence-electron chi connectivity index (χ4n) is 0.558. The van der Waals surface area contributed by atoms with Crippen LogP contribution in [0, 0.1) is 7.05 Å². The van der Waals surface area contributed by atoms with Gasteiger partial charge in [-0.15, -0.1) is 0 Å². The minimum absolute atomic E-state index is 1.12. The molecule has 2 nitrogen and oxygen atoms in total. The smallest absolute Gasteiger partial charge is 0.0659 e. The zero-order chi connectivity index (χ0) is 7.28. The minimum atomic E-state index is 1.12. The molecule has 1 atom stereocenters. The lowest BCUT2D eigenvalue weighted by Crippen LogP contribution is -3.07. The molecule has 0 radical (unpaired) electrons. The van der Waals surface area contributed by atoms with Crippen LogP contribution < -0.4 is 4.90 Å². The molecule has 0 aromatic heterocycles. The van der Waals surface area contributed by atoms with E-state index in [1.54, 1.807) is 0 Å². The van der Waals surface area contributed by atoms with E-state index in [1.807, 2.05) is 0 Å². The highest BCUT2D eigenvalue weighted by molar-refractivity contribution is 4.36. The van der Waals surface area contributed by atoms with E-state index in [-0.39, 0.29) is 0 Å². The Kier molecular flexibility index (Phi) is 4.72. The minimum Gasteiger partial charge on any atom is -0.467 e. The molecule has 0 fully saturated rings. The fraction of sp³-hybridized carbons (Fsp3) is 0.857. The van der Waals surface area contributed by atoms with Crippen molar-refractivity contribution in [2.75, 3.05) is 33.7 Å². The van der Waals surface area contributed by atoms with Gasteiger partial charge in [-0.3, -0.25) is 0 Å². The quantitative estimate of drug-likeness (QED) is 0.492. The van der Waals surface area contributed by atoms with Crippen molar-refractivity contribution in [3.63, 3.8) is 0 Å². The summed E-state index contributed by atoms with van der Waals surface area (Å²) in [5.74, 6) is 0. The third-order valence-corrected chi connectivity index (χ3v) is 1.41. The third-order valence-electron chi connectivity index (χ3n) is 1.41. The Morgan fingerprint density at radius 1 is 1.44 bits per heavy atom. The highest BCUT2D eigenvalue weighted by Gasteiger charge is 1.92. The number of hydrogen-bond acceptors (Lipinski definition) is 1. The summed E-state index contributed by atoms with van der Waals surface area (Å²) in [5.41, 5.74) is 0. The summed E-state index contributed by atoms with van der Waals surface area (Å²) in [6, 6.07) is 0. The van der Waals surface area contributed by atoms with Gasteiger partial charge in [0.2, 0.25) is 0 Å². The van der Waals surface area contributed by atoms with Gasteiger partial charge in [-0.1, -0.05) is 0 Å². The van der Waals surface area contributed by atoms with Crippen LogP contribution in [0.1, 0.15) is 6.92 Å². The van der Waals surface area contributed by atoms with E-state index in [9.17, 15) is 0 Å². The van der Waals surface area contributed by atoms with Gasteiger partial charge in [-0.25, -0.2) is 0 Å². The molecule has 2 heteroatoms. The zero-order valence-electron chi connectivity index (χ0n) is 6.78. The van der Waals surface area contributed by atoms with Gasteiger partial charge in [-0.05, 0) is 21.0 Å². The van der Waals surface area contributed by atoms with E-state index >= 15 is 0 Å². The van der Waals surface area contributed by atoms with E-state index in [1.165, 1.54) is 4.90 Å². The standard InChI is InChI=1S/C7H18N2/c1-5-9(4)7-6-8(2)3/h9H,4-7H2,1-3H3. The van der Waals surface area contributed by atoms with Crippen LogP contribution in [0.25, 0.3) is 0 Å². The van der Waals surface area contributed by atoms with Crippen LogP contribution in [-0.4, -0.2) is 38.6 Å². The lowest BCUT2D eigenvalue weighted by atomic mass is 10.5. The van der Waals surface area contributed by atoms with E-state index < -0.39 is 0 Å². The van der Waals surface area contributed by atoms with Crippen molar-refractivity contribution in [1.29, 1.82) is 0 Å². The molecule has 0 rings (SSSR count). The van der Waals surface area contributed by atoms with Gasteiger partial charge in [0.25, 0.3) is 0 Å². The summed E-state index contributed by atoms with van der Waals surface area (Å²) in [7, 11) is 8.09. The average Bonchev–Trinajstić information content (AvgIpc) is 1.83. The molecule has 0 saturated carbocycles. The summed E-state index contributed by atoms with van der Waals surface area (Å²) in [6.45, 7) is 5.54. The maximum atomic E-state index is 3.92. The first-order chi connectivity index (χ1) is 4.16. The van der Waals surface area contributed by atoms with E-state index in [0.29, 0.717) is 0 Å². The van der Waals surface area contributed by atoms with Crippen LogP contribution in [0.5, 0.6) is 0 Å². The van der Waals surface area contributed by atoms with Gasteiger partial charge in [0.05, 0.1) is 13.1 Å². The number of quaternary nitrogens is 1. The molecule has 1 unspecified atom stereocenters. The van der Waals surface area contributed by atoms with Gasteiger partial charge in [0, 0.05) is 6.54 Å². The predicted molar refractivity (Wildman–Crippen MR) is 40.3 cm³/mol. The molecule has 0 aromatic carbocycles. The normalized spacial score (nSPS) is 14.3. The topological polar surface area (TPSA) is 7.68 Å². The second-order valence-corrected chi connectivity index (χ2v) is 2.66. The molecular formula is C7H18N2. The van der Waals surface area contributed by atoms with Crippen molar-refractivity contribution in [3.05, 3.63) is 7.05 Å². The van der Waals surface area contributed by atoms with Crippen molar-refractivity contribution < 1.29 is 4.90 Å². The maximum absolute atomic E-state index is 3.92. The fourth-order valence-corrected chi connectivity index (χ4v) is 0.558. The van der Waals surface area contributed by atoms with Crippen LogP contribution >= 0.6 is 0 Å². The largest absolute Gasteiger partial charge is 0.467 e. The second-order valence-electron chi connectivity index (χ2n) is 2.66. The van der Waals surface area contributed by atoms with Crippen LogP contribution in [0.4, 0.5) is 0 Å². The Bertz CT molecular complexity index is 61.9. The first kappa shape index (κ1) is 8.92. The van der Waals surface area contributed by atoms with Gasteiger partial charge in [-0.2, -0.15) is 7.05 Å². The zero-order valence-corrected chi connectivity index (χ0v) is 6.78. The lowest BCUT2D eigenvalue weighted by molar-refractivity contribution is -0.851. The first-order valence-corrected chi connectivity index (χ1v) is 3.48. The van der Waals surface area contributed by atoms with Crippen LogP contribution in [-0.2, 0) is 0 Å². The Morgan fingerprint density at radius 2 is 2.00 bits per heavy atom. The SMILES string of the molecule is [CH2-][NH+](CC)CCN(C)C. The molecule has 0 amide bonds. The molecule has 56 valence electrons. The van der Waals surface area contributed by atoms with Crippen LogP contribution in [0.2, 0.25) is 0 Å². The molecule has 0 aromatic rings. The van der Waals surface area contributed by atoms with Crippen LogP contribution in [0.15, 0.2) is 0 Å². The van der Waals surface area contributed by atoms with Crippen molar-refractivity contribution in [3.8, 4) is 0 Å². The summed E-state index contributed by atoms with van der Waals surface area (Å²) >= 11 is 0. The Morgan fingerprint density at radius 3 is 2.33 bits per heavy atom. The molecule has 0 aliphatic rings. The average molecular weight is 130 g/mol. The highest BCUT2D eigenvalue weighted by atomic mass is 15.1. The van der Waals surface area contributed by atoms with Gasteiger partial charge in [0.1, 0.15) is 0 Å². The highest BCUT2D eigenvalue weighted by Crippen LogP contribution is 1.65. The summed E-state index contributed by atoms with van der Waals surface area (Å²) in [5, 5.41) is 0. The van der Waals surface area contributed by atoms with Crippen molar-refractivity contribution in [2.45, 2.75) is 6.92 Å². The molecule has 0 spiro atoms. The van der Waals surface area contributed by atoms with E-state index in [0.717, 1.165) is 19.6 Å². The number of nitrogens with one attached hydrogen (secondary N) is 1. The molecule has 0 aliphatic heterocycles. The van der Waals surface area contributed by atoms with E-state index in [2.05, 4.69) is 33.0 Å². The molecule has 1 N–H and O–H groups in total. The first-order valence-electron chi connectivity index (χ1n) is 3.48. The number of hydrogen-bond donors (Lipinski definition) is 1. The van der Waals surface area contributed by atoms with Gasteiger partial charge >= 0.3 is 0 Å². The number of nitrogens with zero attached hydrogens (tertiary/aromatic N) is 1. The van der Waals surface area contributed by atoms with Crippen molar-refractivity contribution >= 4 is 0 Å².